The fourth-order valence-corrected chi connectivity index (χ4v) is 4.50. The molecule has 1 aliphatic rings. The van der Waals surface area contributed by atoms with Crippen LogP contribution in [0.25, 0.3) is 0 Å². The van der Waals surface area contributed by atoms with Gasteiger partial charge in [0.15, 0.2) is 9.84 Å². The predicted molar refractivity (Wildman–Crippen MR) is 102 cm³/mol. The van der Waals surface area contributed by atoms with Crippen LogP contribution in [0.3, 0.4) is 0 Å². The Balaban J connectivity index is 1.66. The van der Waals surface area contributed by atoms with Gasteiger partial charge in [-0.25, -0.2) is 13.4 Å². The molecule has 1 fully saturated rings. The van der Waals surface area contributed by atoms with Crippen LogP contribution in [0.2, 0.25) is 0 Å². The Morgan fingerprint density at radius 1 is 1.19 bits per heavy atom. The summed E-state index contributed by atoms with van der Waals surface area (Å²) in [4.78, 5) is 16.6. The zero-order valence-electron chi connectivity index (χ0n) is 15.1. The number of hydrogen-bond donors (Lipinski definition) is 2. The number of carbonyl (C=O) groups is 1. The van der Waals surface area contributed by atoms with E-state index in [1.54, 1.807) is 37.4 Å². The fraction of sp³-hybridized carbons (Fsp3) is 0.333. The largest absolute Gasteiger partial charge is 0.497 e. The van der Waals surface area contributed by atoms with Crippen molar-refractivity contribution in [1.82, 2.24) is 4.98 Å². The number of benzene rings is 1. The summed E-state index contributed by atoms with van der Waals surface area (Å²) in [5, 5.41) is 5.86. The summed E-state index contributed by atoms with van der Waals surface area (Å²) >= 11 is 0. The first-order valence-electron chi connectivity index (χ1n) is 8.36. The van der Waals surface area contributed by atoms with Gasteiger partial charge in [-0.3, -0.25) is 4.79 Å². The molecule has 1 aromatic carbocycles. The number of pyridine rings is 1. The van der Waals surface area contributed by atoms with Crippen LogP contribution in [-0.4, -0.2) is 51.1 Å². The van der Waals surface area contributed by atoms with Gasteiger partial charge in [0.2, 0.25) is 0 Å². The van der Waals surface area contributed by atoms with Gasteiger partial charge in [0.05, 0.1) is 37.0 Å². The van der Waals surface area contributed by atoms with Crippen LogP contribution in [0, 0.1) is 0 Å². The second-order valence-electron chi connectivity index (χ2n) is 6.20. The van der Waals surface area contributed by atoms with E-state index in [1.807, 2.05) is 0 Å². The molecule has 1 amide bonds. The maximum absolute atomic E-state index is 12.4. The quantitative estimate of drug-likeness (QED) is 0.775. The van der Waals surface area contributed by atoms with Crippen LogP contribution >= 0.6 is 0 Å². The Morgan fingerprint density at radius 2 is 2.00 bits per heavy atom. The first kappa shape index (κ1) is 19.0. The van der Waals surface area contributed by atoms with Gasteiger partial charge >= 0.3 is 0 Å². The minimum Gasteiger partial charge on any atom is -0.497 e. The Bertz CT molecular complexity index is 929. The van der Waals surface area contributed by atoms with Gasteiger partial charge in [-0.05, 0) is 30.7 Å². The molecule has 2 aromatic rings. The molecule has 3 rings (SSSR count). The van der Waals surface area contributed by atoms with E-state index in [0.29, 0.717) is 35.0 Å². The van der Waals surface area contributed by atoms with Crippen molar-refractivity contribution in [1.29, 1.82) is 0 Å². The summed E-state index contributed by atoms with van der Waals surface area (Å²) < 4.78 is 33.4. The monoisotopic (exact) mass is 391 g/mol. The zero-order valence-corrected chi connectivity index (χ0v) is 15.9. The molecule has 1 aliphatic heterocycles. The number of nitrogens with one attached hydrogen (secondary N) is 2. The van der Waals surface area contributed by atoms with Crippen molar-refractivity contribution >= 4 is 27.2 Å². The van der Waals surface area contributed by atoms with Crippen LogP contribution in [0.4, 0.5) is 11.5 Å². The Morgan fingerprint density at radius 3 is 2.59 bits per heavy atom. The van der Waals surface area contributed by atoms with Crippen molar-refractivity contribution in [2.45, 2.75) is 12.5 Å². The second-order valence-corrected chi connectivity index (χ2v) is 8.43. The molecular formula is C18H21N3O5S. The van der Waals surface area contributed by atoms with E-state index in [9.17, 15) is 13.2 Å². The second kappa shape index (κ2) is 7.83. The topological polar surface area (TPSA) is 107 Å². The van der Waals surface area contributed by atoms with Crippen LogP contribution in [0.5, 0.6) is 11.5 Å². The lowest BCUT2D eigenvalue weighted by Crippen LogP contribution is -2.21. The third-order valence-corrected chi connectivity index (χ3v) is 6.03. The van der Waals surface area contributed by atoms with E-state index >= 15 is 0 Å². The van der Waals surface area contributed by atoms with Crippen LogP contribution in [-0.2, 0) is 9.84 Å². The van der Waals surface area contributed by atoms with E-state index in [1.165, 1.54) is 13.3 Å². The van der Waals surface area contributed by atoms with Gasteiger partial charge in [0.1, 0.15) is 17.3 Å². The Labute approximate surface area is 157 Å². The van der Waals surface area contributed by atoms with Crippen molar-refractivity contribution < 1.29 is 22.7 Å². The molecule has 144 valence electrons. The van der Waals surface area contributed by atoms with Gasteiger partial charge < -0.3 is 20.1 Å². The van der Waals surface area contributed by atoms with E-state index in [2.05, 4.69) is 15.6 Å². The summed E-state index contributed by atoms with van der Waals surface area (Å²) in [7, 11) is 0.102. The van der Waals surface area contributed by atoms with E-state index in [4.69, 9.17) is 9.47 Å². The van der Waals surface area contributed by atoms with Crippen LogP contribution < -0.4 is 20.1 Å². The molecule has 0 aliphatic carbocycles. The number of methoxy groups -OCH3 is 2. The highest BCUT2D eigenvalue weighted by Gasteiger charge is 2.27. The number of ether oxygens (including phenoxy) is 2. The lowest BCUT2D eigenvalue weighted by Gasteiger charge is -2.13. The Kier molecular flexibility index (Phi) is 5.50. The molecule has 1 atom stereocenters. The molecule has 1 aromatic heterocycles. The van der Waals surface area contributed by atoms with Crippen LogP contribution in [0.1, 0.15) is 16.8 Å². The zero-order chi connectivity index (χ0) is 19.4. The van der Waals surface area contributed by atoms with Crippen molar-refractivity contribution in [2.24, 2.45) is 0 Å². The first-order chi connectivity index (χ1) is 12.9. The average molecular weight is 391 g/mol. The van der Waals surface area contributed by atoms with Crippen LogP contribution in [0.15, 0.2) is 36.5 Å². The molecule has 0 radical (unpaired) electrons. The summed E-state index contributed by atoms with van der Waals surface area (Å²) in [5.41, 5.74) is 0.888. The number of anilines is 2. The highest BCUT2D eigenvalue weighted by Crippen LogP contribution is 2.29. The summed E-state index contributed by atoms with van der Waals surface area (Å²) in [5.74, 6) is 1.60. The third kappa shape index (κ3) is 4.68. The highest BCUT2D eigenvalue weighted by atomic mass is 32.2. The lowest BCUT2D eigenvalue weighted by atomic mass is 10.2. The van der Waals surface area contributed by atoms with Gasteiger partial charge in [0, 0.05) is 18.3 Å². The number of rotatable bonds is 6. The van der Waals surface area contributed by atoms with E-state index in [-0.39, 0.29) is 23.5 Å². The number of hydrogen-bond acceptors (Lipinski definition) is 7. The lowest BCUT2D eigenvalue weighted by molar-refractivity contribution is 0.102. The van der Waals surface area contributed by atoms with Gasteiger partial charge in [0.25, 0.3) is 5.91 Å². The number of aromatic nitrogens is 1. The molecule has 1 saturated heterocycles. The summed E-state index contributed by atoms with van der Waals surface area (Å²) in [6.45, 7) is 0. The minimum atomic E-state index is -2.96. The normalized spacial score (nSPS) is 17.9. The molecule has 0 spiro atoms. The number of carbonyl (C=O) groups excluding carboxylic acids is 1. The fourth-order valence-electron chi connectivity index (χ4n) is 2.83. The van der Waals surface area contributed by atoms with E-state index in [0.717, 1.165) is 0 Å². The predicted octanol–water partition coefficient (Wildman–Crippen LogP) is 1.95. The molecule has 9 heteroatoms. The third-order valence-electron chi connectivity index (χ3n) is 4.27. The Hall–Kier alpha value is -2.81. The summed E-state index contributed by atoms with van der Waals surface area (Å²) in [6, 6.07) is 8.23. The highest BCUT2D eigenvalue weighted by molar-refractivity contribution is 7.91. The van der Waals surface area contributed by atoms with Crippen molar-refractivity contribution in [3.63, 3.8) is 0 Å². The van der Waals surface area contributed by atoms with E-state index < -0.39 is 9.84 Å². The molecule has 8 nitrogen and oxygen atoms in total. The SMILES string of the molecule is COc1ccc(NC(=O)c2ccc(NC3CCS(=O)(=O)C3)nc2)c(OC)c1. The maximum Gasteiger partial charge on any atom is 0.257 e. The van der Waals surface area contributed by atoms with Gasteiger partial charge in [-0.15, -0.1) is 0 Å². The molecule has 0 bridgehead atoms. The molecule has 27 heavy (non-hydrogen) atoms. The minimum absolute atomic E-state index is 0.105. The average Bonchev–Trinajstić information content (AvgIpc) is 3.00. The standard InChI is InChI=1S/C18H21N3O5S/c1-25-14-4-5-15(16(9-14)26-2)21-18(22)12-3-6-17(19-10-12)20-13-7-8-27(23,24)11-13/h3-6,9-10,13H,7-8,11H2,1-2H3,(H,19,20)(H,21,22). The van der Waals surface area contributed by atoms with Gasteiger partial charge in [-0.2, -0.15) is 0 Å². The molecule has 0 saturated carbocycles. The van der Waals surface area contributed by atoms with Gasteiger partial charge in [-0.1, -0.05) is 0 Å². The number of sulfone groups is 1. The smallest absolute Gasteiger partial charge is 0.257 e. The van der Waals surface area contributed by atoms with Crippen molar-refractivity contribution in [3.8, 4) is 11.5 Å². The molecule has 2 heterocycles. The summed E-state index contributed by atoms with van der Waals surface area (Å²) in [6.07, 6.45) is 2.00. The molecule has 1 unspecified atom stereocenters. The first-order valence-corrected chi connectivity index (χ1v) is 10.2. The molecular weight excluding hydrogens is 370 g/mol. The van der Waals surface area contributed by atoms with Crippen molar-refractivity contribution in [2.75, 3.05) is 36.4 Å². The maximum atomic E-state index is 12.4. The van der Waals surface area contributed by atoms with Crippen molar-refractivity contribution in [3.05, 3.63) is 42.1 Å². The molecule has 2 N–H and O–H groups in total. The number of nitrogens with zero attached hydrogens (tertiary/aromatic N) is 1. The number of amides is 1.